The third-order valence-corrected chi connectivity index (χ3v) is 3.43. The van der Waals surface area contributed by atoms with Gasteiger partial charge in [-0.1, -0.05) is 30.7 Å². The zero-order valence-corrected chi connectivity index (χ0v) is 12.8. The Labute approximate surface area is 121 Å². The van der Waals surface area contributed by atoms with Crippen LogP contribution in [0.25, 0.3) is 0 Å². The first kappa shape index (κ1) is 14.7. The first-order valence-corrected chi connectivity index (χ1v) is 7.21. The largest absolute Gasteiger partial charge is 0.305 e. The Hall–Kier alpha value is -1.74. The van der Waals surface area contributed by atoms with E-state index in [0.29, 0.717) is 0 Å². The molecule has 0 spiro atoms. The van der Waals surface area contributed by atoms with Crippen LogP contribution in [0, 0.1) is 20.8 Å². The van der Waals surface area contributed by atoms with E-state index in [9.17, 15) is 0 Å². The van der Waals surface area contributed by atoms with Crippen LogP contribution < -0.4 is 5.32 Å². The highest BCUT2D eigenvalue weighted by Crippen LogP contribution is 2.24. The second kappa shape index (κ2) is 6.62. The van der Waals surface area contributed by atoms with Crippen molar-refractivity contribution in [2.24, 2.45) is 0 Å². The van der Waals surface area contributed by atoms with Crippen LogP contribution in [0.3, 0.4) is 0 Å². The fourth-order valence-corrected chi connectivity index (χ4v) is 2.36. The summed E-state index contributed by atoms with van der Waals surface area (Å²) in [6.07, 6.45) is 4.81. The SMILES string of the molecule is CCCNC(c1cnc(C)cn1)c1ccc(C)cc1C. The number of aromatic nitrogens is 2. The maximum absolute atomic E-state index is 4.55. The molecule has 0 aliphatic rings. The molecule has 106 valence electrons. The van der Waals surface area contributed by atoms with Gasteiger partial charge in [0.05, 0.1) is 23.6 Å². The van der Waals surface area contributed by atoms with E-state index in [1.54, 1.807) is 0 Å². The molecule has 1 unspecified atom stereocenters. The van der Waals surface area contributed by atoms with Gasteiger partial charge in [0, 0.05) is 6.20 Å². The van der Waals surface area contributed by atoms with Crippen molar-refractivity contribution in [3.63, 3.8) is 0 Å². The summed E-state index contributed by atoms with van der Waals surface area (Å²) in [4.78, 5) is 8.92. The number of hydrogen-bond acceptors (Lipinski definition) is 3. The van der Waals surface area contributed by atoms with Crippen molar-refractivity contribution >= 4 is 0 Å². The topological polar surface area (TPSA) is 37.8 Å². The van der Waals surface area contributed by atoms with E-state index < -0.39 is 0 Å². The van der Waals surface area contributed by atoms with Crippen LogP contribution in [0.5, 0.6) is 0 Å². The van der Waals surface area contributed by atoms with Crippen molar-refractivity contribution in [3.05, 3.63) is 58.7 Å². The lowest BCUT2D eigenvalue weighted by molar-refractivity contribution is 0.581. The summed E-state index contributed by atoms with van der Waals surface area (Å²) in [6, 6.07) is 6.69. The molecule has 0 bridgehead atoms. The first-order valence-electron chi connectivity index (χ1n) is 7.21. The smallest absolute Gasteiger partial charge is 0.0801 e. The minimum Gasteiger partial charge on any atom is -0.305 e. The maximum atomic E-state index is 4.55. The minimum absolute atomic E-state index is 0.114. The molecule has 1 aromatic carbocycles. The molecule has 0 radical (unpaired) electrons. The summed E-state index contributed by atoms with van der Waals surface area (Å²) >= 11 is 0. The molecule has 1 N–H and O–H groups in total. The molecule has 0 fully saturated rings. The quantitative estimate of drug-likeness (QED) is 0.903. The van der Waals surface area contributed by atoms with Gasteiger partial charge < -0.3 is 5.32 Å². The second-order valence-corrected chi connectivity index (χ2v) is 5.33. The Kier molecular flexibility index (Phi) is 4.85. The standard InChI is InChI=1S/C17H23N3/c1-5-8-18-17(16-11-19-14(4)10-20-16)15-7-6-12(2)9-13(15)3/h6-7,9-11,17-18H,5,8H2,1-4H3. The molecular formula is C17H23N3. The van der Waals surface area contributed by atoms with E-state index in [2.05, 4.69) is 54.3 Å². The highest BCUT2D eigenvalue weighted by atomic mass is 14.9. The lowest BCUT2D eigenvalue weighted by Crippen LogP contribution is -2.25. The molecule has 1 atom stereocenters. The number of hydrogen-bond donors (Lipinski definition) is 1. The van der Waals surface area contributed by atoms with Gasteiger partial charge >= 0.3 is 0 Å². The molecule has 20 heavy (non-hydrogen) atoms. The van der Waals surface area contributed by atoms with Gasteiger partial charge in [-0.15, -0.1) is 0 Å². The van der Waals surface area contributed by atoms with Gasteiger partial charge in [-0.25, -0.2) is 0 Å². The van der Waals surface area contributed by atoms with Crippen LogP contribution in [0.1, 0.15) is 47.5 Å². The van der Waals surface area contributed by atoms with Crippen molar-refractivity contribution < 1.29 is 0 Å². The average molecular weight is 269 g/mol. The molecule has 3 heteroatoms. The van der Waals surface area contributed by atoms with E-state index in [-0.39, 0.29) is 6.04 Å². The van der Waals surface area contributed by atoms with Gasteiger partial charge in [0.1, 0.15) is 0 Å². The van der Waals surface area contributed by atoms with Crippen molar-refractivity contribution in [3.8, 4) is 0 Å². The molecule has 0 saturated carbocycles. The Morgan fingerprint density at radius 3 is 2.50 bits per heavy atom. The van der Waals surface area contributed by atoms with Gasteiger partial charge in [-0.2, -0.15) is 0 Å². The highest BCUT2D eigenvalue weighted by molar-refractivity contribution is 5.36. The van der Waals surface area contributed by atoms with Gasteiger partial charge in [0.25, 0.3) is 0 Å². The van der Waals surface area contributed by atoms with E-state index in [0.717, 1.165) is 24.4 Å². The van der Waals surface area contributed by atoms with Crippen LogP contribution in [-0.4, -0.2) is 16.5 Å². The molecule has 0 aliphatic carbocycles. The number of benzene rings is 1. The number of nitrogens with zero attached hydrogens (tertiary/aromatic N) is 2. The monoisotopic (exact) mass is 269 g/mol. The van der Waals surface area contributed by atoms with Crippen molar-refractivity contribution in [1.29, 1.82) is 0 Å². The van der Waals surface area contributed by atoms with Gasteiger partial charge in [-0.3, -0.25) is 9.97 Å². The number of aryl methyl sites for hydroxylation is 3. The van der Waals surface area contributed by atoms with Crippen LogP contribution in [0.4, 0.5) is 0 Å². The summed E-state index contributed by atoms with van der Waals surface area (Å²) in [6.45, 7) is 9.38. The molecule has 1 aromatic heterocycles. The van der Waals surface area contributed by atoms with Crippen LogP contribution in [-0.2, 0) is 0 Å². The normalized spacial score (nSPS) is 12.4. The lowest BCUT2D eigenvalue weighted by Gasteiger charge is -2.20. The maximum Gasteiger partial charge on any atom is 0.0801 e. The Morgan fingerprint density at radius 1 is 1.10 bits per heavy atom. The van der Waals surface area contributed by atoms with Crippen LogP contribution in [0.15, 0.2) is 30.6 Å². The predicted octanol–water partition coefficient (Wildman–Crippen LogP) is 3.49. The molecular weight excluding hydrogens is 246 g/mol. The summed E-state index contributed by atoms with van der Waals surface area (Å²) in [7, 11) is 0. The zero-order chi connectivity index (χ0) is 14.5. The average Bonchev–Trinajstić information content (AvgIpc) is 2.42. The Balaban J connectivity index is 2.38. The summed E-state index contributed by atoms with van der Waals surface area (Å²) in [5.74, 6) is 0. The lowest BCUT2D eigenvalue weighted by atomic mass is 9.97. The predicted molar refractivity (Wildman–Crippen MR) is 82.8 cm³/mol. The van der Waals surface area contributed by atoms with E-state index in [1.807, 2.05) is 19.3 Å². The third-order valence-electron chi connectivity index (χ3n) is 3.43. The molecule has 2 rings (SSSR count). The molecule has 3 nitrogen and oxygen atoms in total. The number of rotatable bonds is 5. The van der Waals surface area contributed by atoms with Crippen molar-refractivity contribution in [2.45, 2.75) is 40.2 Å². The van der Waals surface area contributed by atoms with Gasteiger partial charge in [-0.05, 0) is 44.9 Å². The Morgan fingerprint density at radius 2 is 1.90 bits per heavy atom. The fraction of sp³-hybridized carbons (Fsp3) is 0.412. The van der Waals surface area contributed by atoms with E-state index in [4.69, 9.17) is 0 Å². The summed E-state index contributed by atoms with van der Waals surface area (Å²) < 4.78 is 0. The van der Waals surface area contributed by atoms with E-state index >= 15 is 0 Å². The van der Waals surface area contributed by atoms with Gasteiger partial charge in [0.2, 0.25) is 0 Å². The Bertz CT molecular complexity index is 561. The zero-order valence-electron chi connectivity index (χ0n) is 12.8. The first-order chi connectivity index (χ1) is 9.61. The van der Waals surface area contributed by atoms with E-state index in [1.165, 1.54) is 16.7 Å². The van der Waals surface area contributed by atoms with Crippen molar-refractivity contribution in [2.75, 3.05) is 6.54 Å². The van der Waals surface area contributed by atoms with Crippen molar-refractivity contribution in [1.82, 2.24) is 15.3 Å². The fourth-order valence-electron chi connectivity index (χ4n) is 2.36. The minimum atomic E-state index is 0.114. The van der Waals surface area contributed by atoms with Crippen LogP contribution in [0.2, 0.25) is 0 Å². The summed E-state index contributed by atoms with van der Waals surface area (Å²) in [5, 5.41) is 3.58. The second-order valence-electron chi connectivity index (χ2n) is 5.33. The molecule has 2 aromatic rings. The molecule has 0 saturated heterocycles. The highest BCUT2D eigenvalue weighted by Gasteiger charge is 2.17. The third kappa shape index (κ3) is 3.42. The number of nitrogens with one attached hydrogen (secondary N) is 1. The molecule has 0 aliphatic heterocycles. The molecule has 0 amide bonds. The molecule has 1 heterocycles. The van der Waals surface area contributed by atoms with Crippen LogP contribution >= 0.6 is 0 Å². The summed E-state index contributed by atoms with van der Waals surface area (Å²) in [5.41, 5.74) is 5.79. The van der Waals surface area contributed by atoms with Gasteiger partial charge in [0.15, 0.2) is 0 Å².